The first kappa shape index (κ1) is 45.7. The van der Waals surface area contributed by atoms with Crippen LogP contribution < -0.4 is 42.0 Å². The number of aromatic carboxylic acids is 2. The fourth-order valence-electron chi connectivity index (χ4n) is 5.80. The van der Waals surface area contributed by atoms with E-state index in [4.69, 9.17) is 0 Å². The van der Waals surface area contributed by atoms with Gasteiger partial charge in [0.2, 0.25) is 0 Å². The Morgan fingerprint density at radius 3 is 0.627 bits per heavy atom. The second-order valence-corrected chi connectivity index (χ2v) is 17.5. The minimum absolute atomic E-state index is 0. The van der Waals surface area contributed by atoms with Crippen LogP contribution in [-0.2, 0) is 19.5 Å². The SMILES string of the molecule is O=C([O-])c1ccc(F)cc1.O=C([O-])c1ccc(F)cc1.[Ru+2].c1ccc([PH+](c2ccccc2)c2ccccc2)cc1.c1ccc([PH+](c2ccccc2)c2ccccc2)cc1. The van der Waals surface area contributed by atoms with E-state index in [1.54, 1.807) is 0 Å². The van der Waals surface area contributed by atoms with Crippen LogP contribution in [-0.4, -0.2) is 11.9 Å². The second-order valence-electron chi connectivity index (χ2n) is 12.5. The molecule has 8 rings (SSSR count). The molecule has 0 unspecified atom stereocenters. The van der Waals surface area contributed by atoms with Gasteiger partial charge in [-0.3, -0.25) is 0 Å². The molecule has 0 amide bonds. The molecule has 9 heteroatoms. The summed E-state index contributed by atoms with van der Waals surface area (Å²) in [6.45, 7) is 0. The summed E-state index contributed by atoms with van der Waals surface area (Å²) < 4.78 is 24.3. The molecule has 0 spiro atoms. The number of hydrogen-bond acceptors (Lipinski definition) is 4. The van der Waals surface area contributed by atoms with Crippen molar-refractivity contribution in [3.63, 3.8) is 0 Å². The summed E-state index contributed by atoms with van der Waals surface area (Å²) in [6, 6.07) is 73.9. The van der Waals surface area contributed by atoms with Gasteiger partial charge in [-0.15, -0.1) is 0 Å². The van der Waals surface area contributed by atoms with Crippen LogP contribution in [0.5, 0.6) is 0 Å². The Morgan fingerprint density at radius 2 is 0.475 bits per heavy atom. The molecule has 0 aliphatic carbocycles. The van der Waals surface area contributed by atoms with Gasteiger partial charge in [0.05, 0.1) is 27.8 Å². The average molecular weight is 906 g/mol. The normalized spacial score (nSPS) is 9.97. The van der Waals surface area contributed by atoms with Crippen LogP contribution in [0.4, 0.5) is 8.78 Å². The maximum atomic E-state index is 12.1. The summed E-state index contributed by atoms with van der Waals surface area (Å²) in [7, 11) is -1.75. The fraction of sp³-hybridized carbons (Fsp3) is 0. The summed E-state index contributed by atoms with van der Waals surface area (Å²) in [5.74, 6) is -3.49. The van der Waals surface area contributed by atoms with E-state index in [-0.39, 0.29) is 30.6 Å². The summed E-state index contributed by atoms with van der Waals surface area (Å²) in [6.07, 6.45) is 0. The maximum absolute atomic E-state index is 12.1. The molecule has 0 aromatic heterocycles. The minimum Gasteiger partial charge on any atom is -0.545 e. The molecule has 0 N–H and O–H groups in total. The van der Waals surface area contributed by atoms with E-state index in [2.05, 4.69) is 182 Å². The van der Waals surface area contributed by atoms with Gasteiger partial charge >= 0.3 is 19.5 Å². The number of carbonyl (C=O) groups is 2. The zero-order valence-corrected chi connectivity index (χ0v) is 35.4. The third-order valence-corrected chi connectivity index (χ3v) is 14.0. The number of benzene rings is 8. The molecule has 0 fully saturated rings. The monoisotopic (exact) mass is 906 g/mol. The zero-order chi connectivity index (χ0) is 41.0. The van der Waals surface area contributed by atoms with Crippen molar-refractivity contribution in [3.05, 3.63) is 253 Å². The Labute approximate surface area is 359 Å². The third kappa shape index (κ3) is 14.7. The van der Waals surface area contributed by atoms with Crippen LogP contribution in [0, 0.1) is 11.6 Å². The molecular weight excluding hydrogens is 866 g/mol. The first-order chi connectivity index (χ1) is 28.3. The van der Waals surface area contributed by atoms with E-state index < -0.39 is 39.4 Å². The molecule has 0 bridgehead atoms. The van der Waals surface area contributed by atoms with Gasteiger partial charge in [-0.25, -0.2) is 8.78 Å². The molecule has 4 nitrogen and oxygen atoms in total. The number of carboxylic acid groups (broad SMARTS) is 2. The van der Waals surface area contributed by atoms with Crippen molar-refractivity contribution in [2.24, 2.45) is 0 Å². The van der Waals surface area contributed by atoms with E-state index in [0.29, 0.717) is 0 Å². The second kappa shape index (κ2) is 24.7. The van der Waals surface area contributed by atoms with Gasteiger partial charge in [-0.05, 0) is 108 Å². The van der Waals surface area contributed by atoms with Crippen LogP contribution in [0.25, 0.3) is 0 Å². The number of carbonyl (C=O) groups excluding carboxylic acids is 2. The van der Waals surface area contributed by atoms with E-state index in [1.807, 2.05) is 0 Å². The van der Waals surface area contributed by atoms with E-state index in [0.717, 1.165) is 48.5 Å². The van der Waals surface area contributed by atoms with Crippen molar-refractivity contribution in [1.82, 2.24) is 0 Å². The van der Waals surface area contributed by atoms with Crippen LogP contribution in [0.15, 0.2) is 231 Å². The van der Waals surface area contributed by atoms with Gasteiger partial charge in [-0.2, -0.15) is 0 Å². The van der Waals surface area contributed by atoms with E-state index in [9.17, 15) is 28.6 Å². The molecule has 0 heterocycles. The van der Waals surface area contributed by atoms with Crippen LogP contribution in [0.1, 0.15) is 20.7 Å². The predicted octanol–water partition coefficient (Wildman–Crippen LogP) is 6.73. The topological polar surface area (TPSA) is 80.3 Å². The van der Waals surface area contributed by atoms with Crippen molar-refractivity contribution in [3.8, 4) is 0 Å². The molecule has 0 atom stereocenters. The smallest absolute Gasteiger partial charge is 0.545 e. The van der Waals surface area contributed by atoms with Gasteiger partial charge in [-0.1, -0.05) is 133 Å². The van der Waals surface area contributed by atoms with Crippen molar-refractivity contribution < 1.29 is 48.1 Å². The third-order valence-electron chi connectivity index (χ3n) is 8.53. The molecule has 0 radical (unpaired) electrons. The zero-order valence-electron chi connectivity index (χ0n) is 31.7. The van der Waals surface area contributed by atoms with Crippen LogP contribution >= 0.6 is 15.8 Å². The molecule has 294 valence electrons. The Bertz CT molecular complexity index is 2030. The van der Waals surface area contributed by atoms with Gasteiger partial charge < -0.3 is 19.8 Å². The van der Waals surface area contributed by atoms with Gasteiger partial charge in [0.1, 0.15) is 43.5 Å². The molecule has 59 heavy (non-hydrogen) atoms. The van der Waals surface area contributed by atoms with Crippen molar-refractivity contribution >= 4 is 59.6 Å². The standard InChI is InChI=1S/2C18H15P.2C7H5FO2.Ru/c2*1-4-10-16(11-5-1)19(17-12-6-2-7-13-17)18-14-8-3-9-15-18;2*8-6-3-1-5(2-4-6)7(9)10;/h2*1-15H;2*1-4H,(H,9,10);/q;;;;+2. The average Bonchev–Trinajstić information content (AvgIpc) is 3.27. The summed E-state index contributed by atoms with van der Waals surface area (Å²) in [5.41, 5.74) is -0.0252. The van der Waals surface area contributed by atoms with Crippen LogP contribution in [0.2, 0.25) is 0 Å². The number of carboxylic acids is 2. The number of rotatable bonds is 8. The minimum atomic E-state index is -1.29. The Hall–Kier alpha value is -5.96. The Balaban J connectivity index is 0.000000181. The Kier molecular flexibility index (Phi) is 19.2. The number of halogens is 2. The molecule has 8 aromatic rings. The van der Waals surface area contributed by atoms with Crippen molar-refractivity contribution in [2.45, 2.75) is 0 Å². The van der Waals surface area contributed by atoms with E-state index in [1.165, 1.54) is 31.8 Å². The van der Waals surface area contributed by atoms with Crippen LogP contribution in [0.3, 0.4) is 0 Å². The van der Waals surface area contributed by atoms with E-state index >= 15 is 0 Å². The van der Waals surface area contributed by atoms with Gasteiger partial charge in [0.15, 0.2) is 0 Å². The quantitative estimate of drug-likeness (QED) is 0.125. The first-order valence-electron chi connectivity index (χ1n) is 18.3. The van der Waals surface area contributed by atoms with Crippen molar-refractivity contribution in [1.29, 1.82) is 0 Å². The fourth-order valence-corrected chi connectivity index (χ4v) is 11.0. The molecule has 0 aliphatic heterocycles. The largest absolute Gasteiger partial charge is 2.00 e. The summed E-state index contributed by atoms with van der Waals surface area (Å²) in [5, 5.41) is 28.8. The summed E-state index contributed by atoms with van der Waals surface area (Å²) in [4.78, 5) is 20.2. The first-order valence-corrected chi connectivity index (χ1v) is 21.3. The molecule has 0 saturated carbocycles. The Morgan fingerprint density at radius 1 is 0.305 bits per heavy atom. The predicted molar refractivity (Wildman–Crippen MR) is 235 cm³/mol. The number of hydrogen-bond donors (Lipinski definition) is 0. The van der Waals surface area contributed by atoms with Gasteiger partial charge in [0.25, 0.3) is 0 Å². The molecular formula is C50H40F2O4P2Ru+2. The summed E-state index contributed by atoms with van der Waals surface area (Å²) >= 11 is 0. The molecule has 8 aromatic carbocycles. The van der Waals surface area contributed by atoms with Gasteiger partial charge in [0, 0.05) is 0 Å². The van der Waals surface area contributed by atoms with Crippen molar-refractivity contribution in [2.75, 3.05) is 0 Å². The molecule has 0 saturated heterocycles. The maximum Gasteiger partial charge on any atom is 2.00 e. The molecule has 0 aliphatic rings.